The standard InChI is InChI=1S/C20H19N3O4/c1-2-19(24)21-9-7-13-11-15(3-5-17(13)21)20(25)22-10-8-14-12-16(23(26)27)4-6-18(14)22/h3-6,11-12H,2,7-10H2,1H3. The van der Waals surface area contributed by atoms with Gasteiger partial charge < -0.3 is 9.80 Å². The average Bonchev–Trinajstić information content (AvgIpc) is 3.29. The van der Waals surface area contributed by atoms with Gasteiger partial charge in [-0.1, -0.05) is 6.92 Å². The summed E-state index contributed by atoms with van der Waals surface area (Å²) in [5.74, 6) is -0.0337. The van der Waals surface area contributed by atoms with E-state index in [2.05, 4.69) is 0 Å². The van der Waals surface area contributed by atoms with E-state index in [-0.39, 0.29) is 17.5 Å². The number of carbonyl (C=O) groups excluding carboxylic acids is 2. The van der Waals surface area contributed by atoms with Gasteiger partial charge in [-0.2, -0.15) is 0 Å². The summed E-state index contributed by atoms with van der Waals surface area (Å²) in [7, 11) is 0. The van der Waals surface area contributed by atoms with Gasteiger partial charge >= 0.3 is 0 Å². The second kappa shape index (κ2) is 6.50. The quantitative estimate of drug-likeness (QED) is 0.618. The molecule has 0 N–H and O–H groups in total. The lowest BCUT2D eigenvalue weighted by Gasteiger charge is -2.19. The highest BCUT2D eigenvalue weighted by Gasteiger charge is 2.29. The Balaban J connectivity index is 1.61. The summed E-state index contributed by atoms with van der Waals surface area (Å²) in [5, 5.41) is 10.9. The molecule has 7 heteroatoms. The van der Waals surface area contributed by atoms with E-state index in [9.17, 15) is 19.7 Å². The van der Waals surface area contributed by atoms with Crippen molar-refractivity contribution >= 4 is 28.9 Å². The predicted molar refractivity (Wildman–Crippen MR) is 101 cm³/mol. The Morgan fingerprint density at radius 2 is 1.63 bits per heavy atom. The number of hydrogen-bond donors (Lipinski definition) is 0. The van der Waals surface area contributed by atoms with Crippen LogP contribution in [0, 0.1) is 10.1 Å². The Hall–Kier alpha value is -3.22. The van der Waals surface area contributed by atoms with Crippen LogP contribution in [0.3, 0.4) is 0 Å². The van der Waals surface area contributed by atoms with Gasteiger partial charge in [-0.25, -0.2) is 0 Å². The van der Waals surface area contributed by atoms with E-state index >= 15 is 0 Å². The molecule has 0 saturated carbocycles. The van der Waals surface area contributed by atoms with E-state index in [4.69, 9.17) is 0 Å². The second-order valence-corrected chi connectivity index (χ2v) is 6.77. The van der Waals surface area contributed by atoms with Crippen LogP contribution in [-0.2, 0) is 17.6 Å². The third-order valence-corrected chi connectivity index (χ3v) is 5.24. The summed E-state index contributed by atoms with van der Waals surface area (Å²) >= 11 is 0. The van der Waals surface area contributed by atoms with Crippen LogP contribution in [0.1, 0.15) is 34.8 Å². The molecule has 0 radical (unpaired) electrons. The smallest absolute Gasteiger partial charge is 0.269 e. The number of fused-ring (bicyclic) bond motifs is 2. The number of nitro benzene ring substituents is 1. The lowest BCUT2D eigenvalue weighted by atomic mass is 10.1. The maximum absolute atomic E-state index is 13.0. The topological polar surface area (TPSA) is 83.8 Å². The Bertz CT molecular complexity index is 970. The van der Waals surface area contributed by atoms with Crippen molar-refractivity contribution in [3.05, 3.63) is 63.2 Å². The van der Waals surface area contributed by atoms with Gasteiger partial charge in [0.2, 0.25) is 5.91 Å². The molecule has 0 spiro atoms. The molecule has 4 rings (SSSR count). The van der Waals surface area contributed by atoms with Crippen molar-refractivity contribution in [2.75, 3.05) is 22.9 Å². The van der Waals surface area contributed by atoms with Crippen molar-refractivity contribution in [2.24, 2.45) is 0 Å². The Morgan fingerprint density at radius 1 is 1.00 bits per heavy atom. The van der Waals surface area contributed by atoms with E-state index in [0.717, 1.165) is 28.9 Å². The lowest BCUT2D eigenvalue weighted by Crippen LogP contribution is -2.29. The van der Waals surface area contributed by atoms with Gasteiger partial charge in [0.05, 0.1) is 4.92 Å². The van der Waals surface area contributed by atoms with E-state index < -0.39 is 4.92 Å². The highest BCUT2D eigenvalue weighted by molar-refractivity contribution is 6.08. The van der Waals surface area contributed by atoms with Gasteiger partial charge in [-0.3, -0.25) is 19.7 Å². The van der Waals surface area contributed by atoms with Crippen molar-refractivity contribution in [3.63, 3.8) is 0 Å². The first-order valence-electron chi connectivity index (χ1n) is 9.02. The maximum atomic E-state index is 13.0. The van der Waals surface area contributed by atoms with Gasteiger partial charge in [-0.15, -0.1) is 0 Å². The van der Waals surface area contributed by atoms with E-state index in [1.807, 2.05) is 19.1 Å². The van der Waals surface area contributed by atoms with Crippen LogP contribution in [-0.4, -0.2) is 29.8 Å². The number of carbonyl (C=O) groups is 2. The minimum absolute atomic E-state index is 0.0428. The number of nitro groups is 1. The van der Waals surface area contributed by atoms with E-state index in [1.54, 1.807) is 28.0 Å². The van der Waals surface area contributed by atoms with Gasteiger partial charge in [0, 0.05) is 48.6 Å². The number of benzene rings is 2. The fraction of sp³-hybridized carbons (Fsp3) is 0.300. The zero-order valence-corrected chi connectivity index (χ0v) is 15.0. The minimum Gasteiger partial charge on any atom is -0.312 e. The number of rotatable bonds is 3. The van der Waals surface area contributed by atoms with E-state index in [1.165, 1.54) is 6.07 Å². The zero-order chi connectivity index (χ0) is 19.1. The lowest BCUT2D eigenvalue weighted by molar-refractivity contribution is -0.384. The van der Waals surface area contributed by atoms with Crippen molar-refractivity contribution in [2.45, 2.75) is 26.2 Å². The highest BCUT2D eigenvalue weighted by Crippen LogP contribution is 2.34. The molecule has 0 atom stereocenters. The fourth-order valence-electron chi connectivity index (χ4n) is 3.85. The summed E-state index contributed by atoms with van der Waals surface area (Å²) in [6.07, 6.45) is 1.80. The van der Waals surface area contributed by atoms with Crippen LogP contribution in [0.2, 0.25) is 0 Å². The first-order chi connectivity index (χ1) is 13.0. The highest BCUT2D eigenvalue weighted by atomic mass is 16.6. The number of nitrogens with zero attached hydrogens (tertiary/aromatic N) is 3. The molecular weight excluding hydrogens is 346 g/mol. The molecule has 0 fully saturated rings. The molecule has 7 nitrogen and oxygen atoms in total. The molecule has 2 aliphatic rings. The molecule has 2 aromatic rings. The molecule has 0 aromatic heterocycles. The number of amides is 2. The van der Waals surface area contributed by atoms with Crippen molar-refractivity contribution in [3.8, 4) is 0 Å². The van der Waals surface area contributed by atoms with Crippen LogP contribution >= 0.6 is 0 Å². The summed E-state index contributed by atoms with van der Waals surface area (Å²) in [5.41, 5.74) is 4.06. The van der Waals surface area contributed by atoms with Crippen LogP contribution in [0.4, 0.5) is 17.1 Å². The SMILES string of the molecule is CCC(=O)N1CCc2cc(C(=O)N3CCc4cc([N+](=O)[O-])ccc43)ccc21. The monoisotopic (exact) mass is 365 g/mol. The fourth-order valence-corrected chi connectivity index (χ4v) is 3.85. The molecule has 2 aliphatic heterocycles. The molecule has 2 heterocycles. The minimum atomic E-state index is -0.422. The number of hydrogen-bond acceptors (Lipinski definition) is 4. The van der Waals surface area contributed by atoms with E-state index in [0.29, 0.717) is 31.5 Å². The first kappa shape index (κ1) is 17.2. The predicted octanol–water partition coefficient (Wildman–Crippen LogP) is 3.10. The molecule has 0 unspecified atom stereocenters. The van der Waals surface area contributed by atoms with Crippen LogP contribution < -0.4 is 9.80 Å². The van der Waals surface area contributed by atoms with Gasteiger partial charge in [-0.05, 0) is 48.2 Å². The largest absolute Gasteiger partial charge is 0.312 e. The molecular formula is C20H19N3O4. The molecule has 138 valence electrons. The Morgan fingerprint density at radius 3 is 2.33 bits per heavy atom. The second-order valence-electron chi connectivity index (χ2n) is 6.77. The van der Waals surface area contributed by atoms with Crippen LogP contribution in [0.25, 0.3) is 0 Å². The van der Waals surface area contributed by atoms with Gasteiger partial charge in [0.15, 0.2) is 0 Å². The molecule has 0 bridgehead atoms. The average molecular weight is 365 g/mol. The van der Waals surface area contributed by atoms with Gasteiger partial charge in [0.1, 0.15) is 0 Å². The van der Waals surface area contributed by atoms with Crippen molar-refractivity contribution < 1.29 is 14.5 Å². The molecule has 2 aromatic carbocycles. The van der Waals surface area contributed by atoms with Crippen LogP contribution in [0.15, 0.2) is 36.4 Å². The third kappa shape index (κ3) is 2.85. The van der Waals surface area contributed by atoms with Crippen LogP contribution in [0.5, 0.6) is 0 Å². The Labute approximate surface area is 156 Å². The van der Waals surface area contributed by atoms with Crippen molar-refractivity contribution in [1.29, 1.82) is 0 Å². The molecule has 27 heavy (non-hydrogen) atoms. The normalized spacial score (nSPS) is 14.9. The number of anilines is 2. The summed E-state index contributed by atoms with van der Waals surface area (Å²) < 4.78 is 0. The molecule has 0 aliphatic carbocycles. The first-order valence-corrected chi connectivity index (χ1v) is 9.02. The maximum Gasteiger partial charge on any atom is 0.269 e. The summed E-state index contributed by atoms with van der Waals surface area (Å²) in [6.45, 7) is 3.00. The summed E-state index contributed by atoms with van der Waals surface area (Å²) in [6, 6.07) is 10.1. The van der Waals surface area contributed by atoms with Crippen molar-refractivity contribution in [1.82, 2.24) is 0 Å². The Kier molecular flexibility index (Phi) is 4.14. The zero-order valence-electron chi connectivity index (χ0n) is 15.0. The molecule has 2 amide bonds. The third-order valence-electron chi connectivity index (χ3n) is 5.24. The van der Waals surface area contributed by atoms with Gasteiger partial charge in [0.25, 0.3) is 11.6 Å². The number of non-ortho nitro benzene ring substituents is 1. The summed E-state index contributed by atoms with van der Waals surface area (Å²) in [4.78, 5) is 39.0. The molecule has 0 saturated heterocycles.